The van der Waals surface area contributed by atoms with Gasteiger partial charge in [-0.15, -0.1) is 0 Å². The van der Waals surface area contributed by atoms with Gasteiger partial charge in [0, 0.05) is 71.0 Å². The Morgan fingerprint density at radius 1 is 1.19 bits per heavy atom. The molecule has 2 fully saturated rings. The average Bonchev–Trinajstić information content (AvgIpc) is 3.69. The summed E-state index contributed by atoms with van der Waals surface area (Å²) in [4.78, 5) is 25.6. The van der Waals surface area contributed by atoms with E-state index in [1.807, 2.05) is 27.7 Å². The summed E-state index contributed by atoms with van der Waals surface area (Å²) in [6.45, 7) is 7.51. The second-order valence-corrected chi connectivity index (χ2v) is 15.6. The third-order valence-electron chi connectivity index (χ3n) is 9.07. The van der Waals surface area contributed by atoms with Crippen LogP contribution in [0.1, 0.15) is 24.8 Å². The number of piperidine rings is 1. The molecule has 2 aliphatic rings. The number of nitriles is 1. The lowest BCUT2D eigenvalue weighted by Crippen LogP contribution is -2.66. The van der Waals surface area contributed by atoms with Gasteiger partial charge in [0.25, 0.3) is 0 Å². The number of urea groups is 1. The molecule has 0 spiro atoms. The van der Waals surface area contributed by atoms with Gasteiger partial charge in [0.2, 0.25) is 0 Å². The maximum Gasteiger partial charge on any atom is 0.418 e. The van der Waals surface area contributed by atoms with Gasteiger partial charge in [-0.2, -0.15) is 23.5 Å². The van der Waals surface area contributed by atoms with Gasteiger partial charge in [0.1, 0.15) is 30.1 Å². The minimum absolute atomic E-state index is 0.137. The molecule has 4 aromatic rings. The zero-order chi connectivity index (χ0) is 34.1. The minimum atomic E-state index is -4.81. The summed E-state index contributed by atoms with van der Waals surface area (Å²) in [5.74, 6) is -1.03. The molecule has 0 aliphatic carbocycles. The normalized spacial score (nSPS) is 17.1. The summed E-state index contributed by atoms with van der Waals surface area (Å²) in [7, 11) is -0.348. The number of rotatable bonds is 10. The highest BCUT2D eigenvalue weighted by molar-refractivity contribution is 6.55. The van der Waals surface area contributed by atoms with Gasteiger partial charge < -0.3 is 19.5 Å². The maximum absolute atomic E-state index is 13.5. The third kappa shape index (κ3) is 6.94. The second-order valence-electron chi connectivity index (χ2n) is 12.7. The fraction of sp³-hybridized carbons (Fsp3) is 0.469. The Bertz CT molecular complexity index is 1800. The number of fused-ring (bicyclic) bond motifs is 1. The van der Waals surface area contributed by atoms with Crippen LogP contribution in [0.25, 0.3) is 22.3 Å². The molecule has 2 aliphatic heterocycles. The molecule has 5 heterocycles. The van der Waals surface area contributed by atoms with Gasteiger partial charge >= 0.3 is 12.2 Å². The molecule has 11 nitrogen and oxygen atoms in total. The van der Waals surface area contributed by atoms with Crippen LogP contribution in [-0.2, 0) is 23.2 Å². The number of anilines is 1. The molecule has 0 atom stereocenters. The highest BCUT2D eigenvalue weighted by Gasteiger charge is 2.48. The van der Waals surface area contributed by atoms with E-state index in [1.54, 1.807) is 6.20 Å². The van der Waals surface area contributed by atoms with Crippen LogP contribution in [-0.4, -0.2) is 87.8 Å². The van der Waals surface area contributed by atoms with Gasteiger partial charge in [-0.25, -0.2) is 19.2 Å². The van der Waals surface area contributed by atoms with Crippen molar-refractivity contribution in [1.82, 2.24) is 34.1 Å². The molecule has 1 aromatic carbocycles. The summed E-state index contributed by atoms with van der Waals surface area (Å²) in [5.41, 5.74) is 0.0949. The molecule has 0 unspecified atom stereocenters. The number of nitrogens with zero attached hydrogens (tertiary/aromatic N) is 8. The van der Waals surface area contributed by atoms with E-state index in [0.717, 1.165) is 40.5 Å². The zero-order valence-corrected chi connectivity index (χ0v) is 27.7. The number of halogens is 4. The molecule has 1 radical (unpaired) electrons. The largest absolute Gasteiger partial charge is 0.418 e. The van der Waals surface area contributed by atoms with Crippen molar-refractivity contribution in [3.63, 3.8) is 0 Å². The standard InChI is InChI=1S/C32H36F4N9O2Si/c1-48(2)14-13-47-21-43-12-7-25-28(38-20-39-29(25)43)22-16-40-45(17-22)31(8-9-37)18-44(19-31)24-5-10-42(11-6-24)30(46)41-27-4-3-23(33)15-26(27)32(34,35)36/h3-4,7,12,15-17,20,24H,5-6,8,10-11,13-14,18-19,21H2,1-2H3,(H,41,46). The number of ether oxygens (including phenoxy) is 1. The molecule has 253 valence electrons. The fourth-order valence-electron chi connectivity index (χ4n) is 6.42. The summed E-state index contributed by atoms with van der Waals surface area (Å²) >= 11 is 0. The van der Waals surface area contributed by atoms with E-state index >= 15 is 0 Å². The Labute approximate surface area is 276 Å². The van der Waals surface area contributed by atoms with Crippen LogP contribution < -0.4 is 5.32 Å². The van der Waals surface area contributed by atoms with Crippen LogP contribution >= 0.6 is 0 Å². The molecule has 1 N–H and O–H groups in total. The van der Waals surface area contributed by atoms with E-state index in [4.69, 9.17) is 4.74 Å². The molecule has 6 rings (SSSR count). The van der Waals surface area contributed by atoms with Crippen molar-refractivity contribution in [3.8, 4) is 17.3 Å². The number of carbonyl (C=O) groups excluding carboxylic acids is 1. The number of carbonyl (C=O) groups is 1. The molecular formula is C32H36F4N9O2Si. The van der Waals surface area contributed by atoms with Crippen molar-refractivity contribution >= 4 is 31.5 Å². The van der Waals surface area contributed by atoms with Crippen molar-refractivity contribution < 1.29 is 27.1 Å². The van der Waals surface area contributed by atoms with E-state index < -0.39 is 34.8 Å². The second kappa shape index (κ2) is 13.6. The molecule has 0 bridgehead atoms. The van der Waals surface area contributed by atoms with Gasteiger partial charge in [-0.1, -0.05) is 13.1 Å². The first kappa shape index (κ1) is 33.6. The number of alkyl halides is 3. The number of nitrogens with one attached hydrogen (secondary N) is 1. The first-order chi connectivity index (χ1) is 23.0. The van der Waals surface area contributed by atoms with E-state index in [1.165, 1.54) is 11.2 Å². The zero-order valence-electron chi connectivity index (χ0n) is 26.7. The number of hydrogen-bond acceptors (Lipinski definition) is 7. The average molecular weight is 683 g/mol. The van der Waals surface area contributed by atoms with Crippen molar-refractivity contribution in [2.75, 3.05) is 38.1 Å². The Morgan fingerprint density at radius 2 is 1.96 bits per heavy atom. The van der Waals surface area contributed by atoms with Crippen molar-refractivity contribution in [3.05, 3.63) is 60.6 Å². The Kier molecular flexibility index (Phi) is 9.54. The monoisotopic (exact) mass is 682 g/mol. The van der Waals surface area contributed by atoms with Crippen LogP contribution in [0.2, 0.25) is 19.1 Å². The first-order valence-corrected chi connectivity index (χ1v) is 18.4. The number of benzene rings is 1. The predicted molar refractivity (Wildman–Crippen MR) is 172 cm³/mol. The van der Waals surface area contributed by atoms with E-state index in [9.17, 15) is 27.6 Å². The number of hydrogen-bond donors (Lipinski definition) is 1. The van der Waals surface area contributed by atoms with E-state index in [2.05, 4.69) is 44.4 Å². The Balaban J connectivity index is 1.08. The maximum atomic E-state index is 13.5. The van der Waals surface area contributed by atoms with Crippen LogP contribution in [0.5, 0.6) is 0 Å². The number of likely N-dealkylation sites (tertiary alicyclic amines) is 2. The molecule has 2 saturated heterocycles. The van der Waals surface area contributed by atoms with Crippen molar-refractivity contribution in [1.29, 1.82) is 5.26 Å². The lowest BCUT2D eigenvalue weighted by Gasteiger charge is -2.53. The summed E-state index contributed by atoms with van der Waals surface area (Å²) < 4.78 is 63.3. The van der Waals surface area contributed by atoms with Gasteiger partial charge in [0.15, 0.2) is 0 Å². The summed E-state index contributed by atoms with van der Waals surface area (Å²) in [5, 5.41) is 17.6. The fourth-order valence-corrected chi connectivity index (χ4v) is 6.98. The molecule has 2 amide bonds. The van der Waals surface area contributed by atoms with Crippen LogP contribution in [0.4, 0.5) is 28.0 Å². The molecular weight excluding hydrogens is 646 g/mol. The molecule has 0 saturated carbocycles. The van der Waals surface area contributed by atoms with Gasteiger partial charge in [-0.3, -0.25) is 9.58 Å². The van der Waals surface area contributed by atoms with Crippen molar-refractivity contribution in [2.45, 2.75) is 62.9 Å². The van der Waals surface area contributed by atoms with E-state index in [-0.39, 0.29) is 21.3 Å². The predicted octanol–water partition coefficient (Wildman–Crippen LogP) is 5.80. The summed E-state index contributed by atoms with van der Waals surface area (Å²) in [6.07, 6.45) is 3.84. The first-order valence-electron chi connectivity index (χ1n) is 15.7. The molecule has 3 aromatic heterocycles. The van der Waals surface area contributed by atoms with Gasteiger partial charge in [0.05, 0.1) is 35.6 Å². The highest BCUT2D eigenvalue weighted by atomic mass is 28.3. The van der Waals surface area contributed by atoms with Crippen LogP contribution in [0.3, 0.4) is 0 Å². The van der Waals surface area contributed by atoms with Crippen LogP contribution in [0.15, 0.2) is 49.2 Å². The number of aromatic nitrogens is 5. The Morgan fingerprint density at radius 3 is 2.67 bits per heavy atom. The lowest BCUT2D eigenvalue weighted by molar-refractivity contribution is -0.137. The third-order valence-corrected chi connectivity index (χ3v) is 10.3. The van der Waals surface area contributed by atoms with Crippen molar-refractivity contribution in [2.24, 2.45) is 0 Å². The topological polar surface area (TPSA) is 117 Å². The van der Waals surface area contributed by atoms with E-state index in [0.29, 0.717) is 58.4 Å². The summed E-state index contributed by atoms with van der Waals surface area (Å²) in [6, 6.07) is 7.02. The quantitative estimate of drug-likeness (QED) is 0.128. The van der Waals surface area contributed by atoms with Crippen LogP contribution in [0, 0.1) is 17.1 Å². The number of amides is 2. The minimum Gasteiger partial charge on any atom is -0.361 e. The Hall–Kier alpha value is -4.33. The molecule has 48 heavy (non-hydrogen) atoms. The lowest BCUT2D eigenvalue weighted by atomic mass is 9.84. The SMILES string of the molecule is C[Si](C)CCOCn1ccc2c(-c3cnn(C4(CC#N)CN(C5CCN(C(=O)Nc6ccc(F)cc6C(F)(F)F)CC5)C4)c3)ncnc21. The molecule has 16 heteroatoms. The smallest absolute Gasteiger partial charge is 0.361 e. The van der Waals surface area contributed by atoms with Gasteiger partial charge in [-0.05, 0) is 43.2 Å². The highest BCUT2D eigenvalue weighted by Crippen LogP contribution is 2.38.